The molecule has 2 aromatic carbocycles. The third kappa shape index (κ3) is 4.52. The van der Waals surface area contributed by atoms with E-state index in [4.69, 9.17) is 14.2 Å². The van der Waals surface area contributed by atoms with E-state index in [0.29, 0.717) is 28.9 Å². The summed E-state index contributed by atoms with van der Waals surface area (Å²) in [4.78, 5) is 9.87. The van der Waals surface area contributed by atoms with E-state index in [-0.39, 0.29) is 12.2 Å². The van der Waals surface area contributed by atoms with E-state index in [1.165, 1.54) is 21.3 Å². The van der Waals surface area contributed by atoms with Gasteiger partial charge in [0.05, 0.1) is 31.8 Å². The number of nitrogens with zero attached hydrogens (tertiary/aromatic N) is 1. The van der Waals surface area contributed by atoms with Crippen LogP contribution in [0.4, 0.5) is 24.5 Å². The highest BCUT2D eigenvalue weighted by Gasteiger charge is 2.35. The van der Waals surface area contributed by atoms with Crippen LogP contribution in [-0.2, 0) is 12.7 Å². The van der Waals surface area contributed by atoms with Gasteiger partial charge in [0.15, 0.2) is 11.5 Å². The number of nitro benzene ring substituents is 1. The van der Waals surface area contributed by atoms with Crippen molar-refractivity contribution in [1.29, 1.82) is 0 Å². The van der Waals surface area contributed by atoms with Crippen molar-refractivity contribution in [2.45, 2.75) is 12.7 Å². The van der Waals surface area contributed by atoms with E-state index in [9.17, 15) is 23.3 Å². The minimum Gasteiger partial charge on any atom is -0.493 e. The first-order valence-electron chi connectivity index (χ1n) is 7.59. The Morgan fingerprint density at radius 1 is 1.04 bits per heavy atom. The van der Waals surface area contributed by atoms with E-state index < -0.39 is 22.4 Å². The SMILES string of the molecule is COc1cc(CNc2ccc([N+](=O)[O-])cc2C(F)(F)F)cc(OC)c1OC. The lowest BCUT2D eigenvalue weighted by atomic mass is 10.1. The Labute approximate surface area is 152 Å². The summed E-state index contributed by atoms with van der Waals surface area (Å²) in [6.07, 6.45) is -4.75. The molecule has 2 aromatic rings. The first kappa shape index (κ1) is 20.1. The van der Waals surface area contributed by atoms with Crippen LogP contribution in [0.2, 0.25) is 0 Å². The fourth-order valence-corrected chi connectivity index (χ4v) is 2.47. The van der Waals surface area contributed by atoms with Crippen molar-refractivity contribution < 1.29 is 32.3 Å². The Hall–Kier alpha value is -3.17. The van der Waals surface area contributed by atoms with Gasteiger partial charge in [-0.2, -0.15) is 13.2 Å². The van der Waals surface area contributed by atoms with E-state index in [0.717, 1.165) is 12.1 Å². The third-order valence-corrected chi connectivity index (χ3v) is 3.73. The van der Waals surface area contributed by atoms with Gasteiger partial charge in [-0.1, -0.05) is 0 Å². The molecule has 0 bridgehead atoms. The van der Waals surface area contributed by atoms with E-state index in [2.05, 4.69) is 5.32 Å². The second kappa shape index (κ2) is 8.02. The third-order valence-electron chi connectivity index (χ3n) is 3.73. The average Bonchev–Trinajstić information content (AvgIpc) is 2.64. The van der Waals surface area contributed by atoms with E-state index in [1.807, 2.05) is 0 Å². The molecular formula is C17H17F3N2O5. The maximum Gasteiger partial charge on any atom is 0.418 e. The van der Waals surface area contributed by atoms with Crippen LogP contribution < -0.4 is 19.5 Å². The quantitative estimate of drug-likeness (QED) is 0.566. The summed E-state index contributed by atoms with van der Waals surface area (Å²) >= 11 is 0. The van der Waals surface area contributed by atoms with Crippen molar-refractivity contribution in [3.05, 3.63) is 51.6 Å². The summed E-state index contributed by atoms with van der Waals surface area (Å²) in [6.45, 7) is -0.00238. The number of halogens is 3. The fraction of sp³-hybridized carbons (Fsp3) is 0.294. The predicted octanol–water partition coefficient (Wildman–Crippen LogP) is 4.25. The standard InChI is InChI=1S/C17H17F3N2O5/c1-25-14-6-10(7-15(26-2)16(14)27-3)9-21-13-5-4-11(22(23)24)8-12(13)17(18,19)20/h4-8,21H,9H2,1-3H3. The summed E-state index contributed by atoms with van der Waals surface area (Å²) in [5.74, 6) is 1.07. The highest BCUT2D eigenvalue weighted by Crippen LogP contribution is 2.40. The second-order valence-electron chi connectivity index (χ2n) is 5.37. The minimum absolute atomic E-state index is 0.00238. The lowest BCUT2D eigenvalue weighted by Crippen LogP contribution is -2.11. The molecule has 0 saturated heterocycles. The second-order valence-corrected chi connectivity index (χ2v) is 5.37. The van der Waals surface area contributed by atoms with Crippen LogP contribution in [0.3, 0.4) is 0 Å². The van der Waals surface area contributed by atoms with E-state index in [1.54, 1.807) is 12.1 Å². The molecule has 0 radical (unpaired) electrons. The number of non-ortho nitro benzene ring substituents is 1. The molecule has 10 heteroatoms. The summed E-state index contributed by atoms with van der Waals surface area (Å²) in [5, 5.41) is 13.4. The molecule has 0 aliphatic carbocycles. The van der Waals surface area contributed by atoms with Gasteiger partial charge < -0.3 is 19.5 Å². The monoisotopic (exact) mass is 386 g/mol. The summed E-state index contributed by atoms with van der Waals surface area (Å²) < 4.78 is 55.3. The van der Waals surface area contributed by atoms with E-state index >= 15 is 0 Å². The van der Waals surface area contributed by atoms with Crippen LogP contribution in [0.1, 0.15) is 11.1 Å². The summed E-state index contributed by atoms with van der Waals surface area (Å²) in [5.41, 5.74) is -1.47. The number of hydrogen-bond donors (Lipinski definition) is 1. The van der Waals surface area contributed by atoms with Gasteiger partial charge in [-0.05, 0) is 23.8 Å². The maximum absolute atomic E-state index is 13.2. The first-order valence-corrected chi connectivity index (χ1v) is 7.59. The lowest BCUT2D eigenvalue weighted by Gasteiger charge is -2.17. The molecule has 146 valence electrons. The smallest absolute Gasteiger partial charge is 0.418 e. The van der Waals surface area contributed by atoms with Gasteiger partial charge in [-0.15, -0.1) is 0 Å². The van der Waals surface area contributed by atoms with Crippen LogP contribution in [-0.4, -0.2) is 26.3 Å². The molecule has 7 nitrogen and oxygen atoms in total. The first-order chi connectivity index (χ1) is 12.7. The van der Waals surface area contributed by atoms with Crippen LogP contribution in [0, 0.1) is 10.1 Å². The molecule has 0 aromatic heterocycles. The normalized spacial score (nSPS) is 11.0. The Morgan fingerprint density at radius 2 is 1.63 bits per heavy atom. The van der Waals surface area contributed by atoms with Gasteiger partial charge in [-0.3, -0.25) is 10.1 Å². The maximum atomic E-state index is 13.2. The highest BCUT2D eigenvalue weighted by molar-refractivity contribution is 5.59. The molecule has 0 aliphatic rings. The Morgan fingerprint density at radius 3 is 2.07 bits per heavy atom. The molecule has 1 N–H and O–H groups in total. The molecule has 0 unspecified atom stereocenters. The number of nitrogens with one attached hydrogen (secondary N) is 1. The summed E-state index contributed by atoms with van der Waals surface area (Å²) in [7, 11) is 4.28. The zero-order valence-corrected chi connectivity index (χ0v) is 14.7. The molecule has 0 heterocycles. The molecular weight excluding hydrogens is 369 g/mol. The molecule has 0 fully saturated rings. The van der Waals surface area contributed by atoms with Gasteiger partial charge in [0.25, 0.3) is 5.69 Å². The lowest BCUT2D eigenvalue weighted by molar-refractivity contribution is -0.385. The number of alkyl halides is 3. The van der Waals surface area contributed by atoms with Crippen LogP contribution in [0.15, 0.2) is 30.3 Å². The zero-order valence-electron chi connectivity index (χ0n) is 14.7. The van der Waals surface area contributed by atoms with Crippen molar-refractivity contribution in [2.75, 3.05) is 26.6 Å². The largest absolute Gasteiger partial charge is 0.493 e. The highest BCUT2D eigenvalue weighted by atomic mass is 19.4. The zero-order chi connectivity index (χ0) is 20.2. The van der Waals surface area contributed by atoms with Gasteiger partial charge in [0.2, 0.25) is 5.75 Å². The molecule has 2 rings (SSSR count). The summed E-state index contributed by atoms with van der Waals surface area (Å²) in [6, 6.07) is 5.71. The number of ether oxygens (including phenoxy) is 3. The van der Waals surface area contributed by atoms with Gasteiger partial charge in [-0.25, -0.2) is 0 Å². The van der Waals surface area contributed by atoms with Crippen molar-refractivity contribution in [3.8, 4) is 17.2 Å². The number of hydrogen-bond acceptors (Lipinski definition) is 6. The number of anilines is 1. The topological polar surface area (TPSA) is 82.9 Å². The predicted molar refractivity (Wildman–Crippen MR) is 91.5 cm³/mol. The molecule has 0 atom stereocenters. The Bertz CT molecular complexity index is 815. The number of methoxy groups -OCH3 is 3. The van der Waals surface area contributed by atoms with Gasteiger partial charge in [0.1, 0.15) is 0 Å². The van der Waals surface area contributed by atoms with Crippen LogP contribution in [0.25, 0.3) is 0 Å². The van der Waals surface area contributed by atoms with Gasteiger partial charge >= 0.3 is 6.18 Å². The molecule has 0 aliphatic heterocycles. The van der Waals surface area contributed by atoms with Crippen molar-refractivity contribution in [2.24, 2.45) is 0 Å². The molecule has 0 amide bonds. The number of benzene rings is 2. The molecule has 27 heavy (non-hydrogen) atoms. The molecule has 0 spiro atoms. The fourth-order valence-electron chi connectivity index (χ4n) is 2.47. The van der Waals surface area contributed by atoms with Crippen molar-refractivity contribution in [3.63, 3.8) is 0 Å². The van der Waals surface area contributed by atoms with Crippen molar-refractivity contribution in [1.82, 2.24) is 0 Å². The Balaban J connectivity index is 2.35. The average molecular weight is 386 g/mol. The minimum atomic E-state index is -4.75. The number of nitro groups is 1. The molecule has 0 saturated carbocycles. The van der Waals surface area contributed by atoms with Crippen molar-refractivity contribution >= 4 is 11.4 Å². The van der Waals surface area contributed by atoms with Crippen LogP contribution in [0.5, 0.6) is 17.2 Å². The van der Waals surface area contributed by atoms with Crippen LogP contribution >= 0.6 is 0 Å². The number of rotatable bonds is 7. The van der Waals surface area contributed by atoms with Gasteiger partial charge in [0, 0.05) is 24.4 Å². The Kier molecular flexibility index (Phi) is 5.98.